The van der Waals surface area contributed by atoms with Gasteiger partial charge in [0.2, 0.25) is 0 Å². The molecule has 0 aliphatic rings. The van der Waals surface area contributed by atoms with Crippen molar-refractivity contribution >= 4 is 17.4 Å². The molecule has 2 amide bonds. The Kier molecular flexibility index (Phi) is 5.92. The average molecular weight is 337 g/mol. The van der Waals surface area contributed by atoms with Crippen molar-refractivity contribution in [3.05, 3.63) is 46.2 Å². The summed E-state index contributed by atoms with van der Waals surface area (Å²) in [6.07, 6.45) is -0.339. The molecule has 23 heavy (non-hydrogen) atoms. The summed E-state index contributed by atoms with van der Waals surface area (Å²) in [5.41, 5.74) is 2.70. The van der Waals surface area contributed by atoms with E-state index in [2.05, 4.69) is 10.3 Å². The molecule has 0 fully saturated rings. The highest BCUT2D eigenvalue weighted by atomic mass is 32.1. The lowest BCUT2D eigenvalue weighted by Crippen LogP contribution is -2.41. The van der Waals surface area contributed by atoms with Crippen LogP contribution in [0.5, 0.6) is 5.75 Å². The number of nitrogens with one attached hydrogen (secondary N) is 1. The zero-order valence-corrected chi connectivity index (χ0v) is 14.2. The molecule has 0 aliphatic heterocycles. The molecule has 0 saturated heterocycles. The van der Waals surface area contributed by atoms with Gasteiger partial charge < -0.3 is 15.0 Å². The summed E-state index contributed by atoms with van der Waals surface area (Å²) in [7, 11) is 1.72. The molecular formula is C16H20FN3O2S. The van der Waals surface area contributed by atoms with Crippen molar-refractivity contribution in [2.45, 2.75) is 26.5 Å². The Labute approximate surface area is 139 Å². The van der Waals surface area contributed by atoms with Crippen LogP contribution >= 0.6 is 11.3 Å². The molecule has 0 bridgehead atoms. The quantitative estimate of drug-likeness (QED) is 0.881. The van der Waals surface area contributed by atoms with Crippen LogP contribution in [0.25, 0.3) is 0 Å². The van der Waals surface area contributed by atoms with Crippen molar-refractivity contribution < 1.29 is 13.9 Å². The molecule has 0 spiro atoms. The Bertz CT molecular complexity index is 662. The second kappa shape index (κ2) is 7.92. The normalized spacial score (nSPS) is 11.8. The van der Waals surface area contributed by atoms with Gasteiger partial charge in [-0.25, -0.2) is 14.2 Å². The Morgan fingerprint density at radius 3 is 2.87 bits per heavy atom. The zero-order valence-electron chi connectivity index (χ0n) is 13.4. The second-order valence-corrected chi connectivity index (χ2v) is 6.20. The summed E-state index contributed by atoms with van der Waals surface area (Å²) >= 11 is 1.52. The lowest BCUT2D eigenvalue weighted by atomic mass is 10.3. The average Bonchev–Trinajstić information content (AvgIpc) is 2.92. The number of nitrogens with zero attached hydrogens (tertiary/aromatic N) is 2. The van der Waals surface area contributed by atoms with Gasteiger partial charge in [-0.15, -0.1) is 11.3 Å². The summed E-state index contributed by atoms with van der Waals surface area (Å²) < 4.78 is 19.0. The fourth-order valence-electron chi connectivity index (χ4n) is 1.93. The van der Waals surface area contributed by atoms with E-state index >= 15 is 0 Å². The molecule has 1 aromatic carbocycles. The fourth-order valence-corrected chi connectivity index (χ4v) is 2.76. The first-order chi connectivity index (χ1) is 11.0. The standard InChI is InChI=1S/C16H20FN3O2S/c1-11(22-14-7-5-4-6-13(14)17)8-18-16(21)20(3)9-15-12(2)19-10-23-15/h4-7,10-11H,8-9H2,1-3H3,(H,18,21)/t11-/m1/s1. The van der Waals surface area contributed by atoms with Gasteiger partial charge in [-0.3, -0.25) is 0 Å². The van der Waals surface area contributed by atoms with E-state index in [0.29, 0.717) is 13.1 Å². The van der Waals surface area contributed by atoms with Crippen LogP contribution in [0, 0.1) is 12.7 Å². The van der Waals surface area contributed by atoms with E-state index in [1.807, 2.05) is 6.92 Å². The highest BCUT2D eigenvalue weighted by molar-refractivity contribution is 7.09. The number of hydrogen-bond acceptors (Lipinski definition) is 4. The fraction of sp³-hybridized carbons (Fsp3) is 0.375. The van der Waals surface area contributed by atoms with E-state index in [4.69, 9.17) is 4.74 Å². The number of halogens is 1. The number of aromatic nitrogens is 1. The molecule has 1 atom stereocenters. The number of para-hydroxylation sites is 1. The van der Waals surface area contributed by atoms with E-state index in [1.165, 1.54) is 17.4 Å². The molecule has 2 aromatic rings. The minimum absolute atomic E-state index is 0.183. The minimum Gasteiger partial charge on any atom is -0.486 e. The van der Waals surface area contributed by atoms with Crippen LogP contribution in [-0.4, -0.2) is 35.6 Å². The van der Waals surface area contributed by atoms with Gasteiger partial charge in [0, 0.05) is 11.9 Å². The number of rotatable bonds is 6. The van der Waals surface area contributed by atoms with Crippen LogP contribution in [-0.2, 0) is 6.54 Å². The number of aryl methyl sites for hydroxylation is 1. The van der Waals surface area contributed by atoms with Crippen molar-refractivity contribution in [3.8, 4) is 5.75 Å². The van der Waals surface area contributed by atoms with Gasteiger partial charge in [0.25, 0.3) is 0 Å². The maximum absolute atomic E-state index is 13.5. The smallest absolute Gasteiger partial charge is 0.317 e. The Morgan fingerprint density at radius 2 is 2.22 bits per heavy atom. The maximum atomic E-state index is 13.5. The summed E-state index contributed by atoms with van der Waals surface area (Å²) in [6, 6.07) is 6.00. The van der Waals surface area contributed by atoms with Gasteiger partial charge >= 0.3 is 6.03 Å². The number of benzene rings is 1. The molecule has 1 heterocycles. The molecule has 1 N–H and O–H groups in total. The van der Waals surface area contributed by atoms with Gasteiger partial charge in [-0.2, -0.15) is 0 Å². The monoisotopic (exact) mass is 337 g/mol. The van der Waals surface area contributed by atoms with Gasteiger partial charge in [0.05, 0.1) is 24.3 Å². The topological polar surface area (TPSA) is 54.5 Å². The Balaban J connectivity index is 1.79. The molecular weight excluding hydrogens is 317 g/mol. The summed E-state index contributed by atoms with van der Waals surface area (Å²) in [4.78, 5) is 18.9. The molecule has 124 valence electrons. The predicted octanol–water partition coefficient (Wildman–Crippen LogP) is 3.20. The summed E-state index contributed by atoms with van der Waals surface area (Å²) in [5.74, 6) is -0.230. The number of ether oxygens (including phenoxy) is 1. The first-order valence-corrected chi connectivity index (χ1v) is 8.14. The molecule has 2 rings (SSSR count). The van der Waals surface area contributed by atoms with Crippen LogP contribution in [0.3, 0.4) is 0 Å². The number of carbonyl (C=O) groups excluding carboxylic acids is 1. The first-order valence-electron chi connectivity index (χ1n) is 7.26. The van der Waals surface area contributed by atoms with Crippen molar-refractivity contribution in [2.75, 3.05) is 13.6 Å². The van der Waals surface area contributed by atoms with Crippen LogP contribution in [0.2, 0.25) is 0 Å². The molecule has 1 aromatic heterocycles. The first kappa shape index (κ1) is 17.2. The van der Waals surface area contributed by atoms with Crippen LogP contribution in [0.15, 0.2) is 29.8 Å². The van der Waals surface area contributed by atoms with Gasteiger partial charge in [0.1, 0.15) is 6.10 Å². The predicted molar refractivity (Wildman–Crippen MR) is 88.2 cm³/mol. The number of urea groups is 1. The third kappa shape index (κ3) is 4.92. The molecule has 0 saturated carbocycles. The number of thiazole rings is 1. The second-order valence-electron chi connectivity index (χ2n) is 5.26. The Hall–Kier alpha value is -2.15. The van der Waals surface area contributed by atoms with E-state index in [1.54, 1.807) is 42.6 Å². The van der Waals surface area contributed by atoms with Gasteiger partial charge in [0.15, 0.2) is 11.6 Å². The van der Waals surface area contributed by atoms with Crippen molar-refractivity contribution in [1.82, 2.24) is 15.2 Å². The van der Waals surface area contributed by atoms with Gasteiger partial charge in [-0.05, 0) is 26.0 Å². The highest BCUT2D eigenvalue weighted by Gasteiger charge is 2.14. The van der Waals surface area contributed by atoms with Crippen LogP contribution in [0.4, 0.5) is 9.18 Å². The lowest BCUT2D eigenvalue weighted by molar-refractivity contribution is 0.185. The Morgan fingerprint density at radius 1 is 1.48 bits per heavy atom. The SMILES string of the molecule is Cc1ncsc1CN(C)C(=O)NC[C@@H](C)Oc1ccccc1F. The molecule has 5 nitrogen and oxygen atoms in total. The number of hydrogen-bond donors (Lipinski definition) is 1. The molecule has 7 heteroatoms. The van der Waals surface area contributed by atoms with E-state index < -0.39 is 5.82 Å². The van der Waals surface area contributed by atoms with Crippen molar-refractivity contribution in [3.63, 3.8) is 0 Å². The number of carbonyl (C=O) groups is 1. The highest BCUT2D eigenvalue weighted by Crippen LogP contribution is 2.17. The molecule has 0 aliphatic carbocycles. The molecule has 0 radical (unpaired) electrons. The summed E-state index contributed by atoms with van der Waals surface area (Å²) in [5, 5.41) is 2.78. The van der Waals surface area contributed by atoms with Crippen LogP contribution < -0.4 is 10.1 Å². The minimum atomic E-state index is -0.413. The maximum Gasteiger partial charge on any atom is 0.317 e. The van der Waals surface area contributed by atoms with E-state index in [0.717, 1.165) is 10.6 Å². The third-order valence-corrected chi connectivity index (χ3v) is 4.20. The van der Waals surface area contributed by atoms with Crippen LogP contribution in [0.1, 0.15) is 17.5 Å². The van der Waals surface area contributed by atoms with E-state index in [9.17, 15) is 9.18 Å². The summed E-state index contributed by atoms with van der Waals surface area (Å²) in [6.45, 7) is 4.49. The van der Waals surface area contributed by atoms with Gasteiger partial charge in [-0.1, -0.05) is 12.1 Å². The number of amides is 2. The van der Waals surface area contributed by atoms with E-state index in [-0.39, 0.29) is 17.9 Å². The third-order valence-electron chi connectivity index (χ3n) is 3.28. The van der Waals surface area contributed by atoms with Crippen molar-refractivity contribution in [2.24, 2.45) is 0 Å². The zero-order chi connectivity index (χ0) is 16.8. The molecule has 0 unspecified atom stereocenters. The lowest BCUT2D eigenvalue weighted by Gasteiger charge is -2.20. The largest absolute Gasteiger partial charge is 0.486 e. The van der Waals surface area contributed by atoms with Crippen molar-refractivity contribution in [1.29, 1.82) is 0 Å².